The molecule has 3 rings (SSSR count). The largest absolute Gasteiger partial charge is 0.473 e. The van der Waals surface area contributed by atoms with Gasteiger partial charge in [-0.15, -0.1) is 0 Å². The lowest BCUT2D eigenvalue weighted by Crippen LogP contribution is -2.31. The van der Waals surface area contributed by atoms with Crippen molar-refractivity contribution in [2.45, 2.75) is 26.8 Å². The quantitative estimate of drug-likeness (QED) is 0.804. The van der Waals surface area contributed by atoms with Crippen LogP contribution < -0.4 is 9.64 Å². The van der Waals surface area contributed by atoms with Gasteiger partial charge in [-0.1, -0.05) is 31.2 Å². The number of aryl methyl sites for hydroxylation is 2. The average molecular weight is 253 g/mol. The summed E-state index contributed by atoms with van der Waals surface area (Å²) >= 11 is 0. The third-order valence-electron chi connectivity index (χ3n) is 3.67. The number of hydrogen-bond donors (Lipinski definition) is 0. The second kappa shape index (κ2) is 4.96. The van der Waals surface area contributed by atoms with E-state index in [1.807, 2.05) is 0 Å². The van der Waals surface area contributed by atoms with Gasteiger partial charge in [0.15, 0.2) is 6.73 Å². The van der Waals surface area contributed by atoms with Crippen LogP contribution in [0.1, 0.15) is 23.6 Å². The molecule has 0 N–H and O–H groups in total. The number of nitrogens with zero attached hydrogens (tertiary/aromatic N) is 1. The van der Waals surface area contributed by atoms with Gasteiger partial charge in [-0.2, -0.15) is 0 Å². The van der Waals surface area contributed by atoms with Gasteiger partial charge in [0.1, 0.15) is 5.75 Å². The fourth-order valence-electron chi connectivity index (χ4n) is 2.43. The minimum absolute atomic E-state index is 0.627. The van der Waals surface area contributed by atoms with Gasteiger partial charge < -0.3 is 9.64 Å². The smallest absolute Gasteiger partial charge is 0.161 e. The Kier molecular flexibility index (Phi) is 3.16. The molecule has 0 aliphatic carbocycles. The normalized spacial score (nSPS) is 13.9. The highest BCUT2D eigenvalue weighted by atomic mass is 16.5. The van der Waals surface area contributed by atoms with Gasteiger partial charge in [0, 0.05) is 17.8 Å². The van der Waals surface area contributed by atoms with E-state index in [0.717, 1.165) is 18.7 Å². The summed E-state index contributed by atoms with van der Waals surface area (Å²) in [6.07, 6.45) is 1.08. The highest BCUT2D eigenvalue weighted by Crippen LogP contribution is 2.29. The molecule has 2 aromatic carbocycles. The predicted molar refractivity (Wildman–Crippen MR) is 78.7 cm³/mol. The molecule has 19 heavy (non-hydrogen) atoms. The first-order chi connectivity index (χ1) is 9.26. The van der Waals surface area contributed by atoms with Crippen molar-refractivity contribution < 1.29 is 4.74 Å². The number of rotatable bonds is 2. The molecule has 0 amide bonds. The van der Waals surface area contributed by atoms with E-state index >= 15 is 0 Å². The van der Waals surface area contributed by atoms with E-state index in [4.69, 9.17) is 4.74 Å². The molecule has 0 atom stereocenters. The summed E-state index contributed by atoms with van der Waals surface area (Å²) in [6, 6.07) is 15.2. The van der Waals surface area contributed by atoms with Crippen LogP contribution in [0.2, 0.25) is 0 Å². The first-order valence-corrected chi connectivity index (χ1v) is 6.82. The Hall–Kier alpha value is -1.96. The Balaban J connectivity index is 1.82. The molecule has 0 saturated heterocycles. The maximum absolute atomic E-state index is 5.85. The number of benzene rings is 2. The highest BCUT2D eigenvalue weighted by molar-refractivity contribution is 5.51. The minimum atomic E-state index is 0.627. The number of ether oxygens (including phenoxy) is 1. The third kappa shape index (κ3) is 2.43. The Morgan fingerprint density at radius 1 is 1.11 bits per heavy atom. The maximum Gasteiger partial charge on any atom is 0.161 e. The second-order valence-corrected chi connectivity index (χ2v) is 5.10. The Labute approximate surface area is 114 Å². The molecule has 0 fully saturated rings. The summed E-state index contributed by atoms with van der Waals surface area (Å²) in [5.41, 5.74) is 5.11. The number of fused-ring (bicyclic) bond motifs is 1. The van der Waals surface area contributed by atoms with E-state index in [-0.39, 0.29) is 0 Å². The second-order valence-electron chi connectivity index (χ2n) is 5.10. The monoisotopic (exact) mass is 253 g/mol. The summed E-state index contributed by atoms with van der Waals surface area (Å²) in [6.45, 7) is 5.82. The molecule has 2 heteroatoms. The van der Waals surface area contributed by atoms with E-state index in [2.05, 4.69) is 61.2 Å². The summed E-state index contributed by atoms with van der Waals surface area (Å²) in [5.74, 6) is 1.03. The summed E-state index contributed by atoms with van der Waals surface area (Å²) in [5, 5.41) is 0. The zero-order chi connectivity index (χ0) is 13.2. The van der Waals surface area contributed by atoms with Crippen molar-refractivity contribution in [3.05, 3.63) is 59.2 Å². The van der Waals surface area contributed by atoms with Crippen molar-refractivity contribution in [1.82, 2.24) is 0 Å². The number of hydrogen-bond acceptors (Lipinski definition) is 2. The molecule has 1 aliphatic heterocycles. The lowest BCUT2D eigenvalue weighted by atomic mass is 10.1. The van der Waals surface area contributed by atoms with Crippen molar-refractivity contribution >= 4 is 5.69 Å². The molecule has 0 unspecified atom stereocenters. The fourth-order valence-corrected chi connectivity index (χ4v) is 2.43. The molecule has 0 bridgehead atoms. The van der Waals surface area contributed by atoms with Crippen molar-refractivity contribution in [2.24, 2.45) is 0 Å². The van der Waals surface area contributed by atoms with E-state index in [1.165, 1.54) is 22.4 Å². The van der Waals surface area contributed by atoms with Crippen LogP contribution in [0, 0.1) is 6.92 Å². The van der Waals surface area contributed by atoms with Crippen LogP contribution in [0.5, 0.6) is 5.75 Å². The van der Waals surface area contributed by atoms with Crippen molar-refractivity contribution in [2.75, 3.05) is 11.6 Å². The van der Waals surface area contributed by atoms with Crippen LogP contribution in [-0.4, -0.2) is 6.73 Å². The van der Waals surface area contributed by atoms with Gasteiger partial charge in [0.05, 0.1) is 0 Å². The molecule has 0 aromatic heterocycles. The van der Waals surface area contributed by atoms with Crippen molar-refractivity contribution in [3.8, 4) is 5.75 Å². The molecule has 2 aromatic rings. The van der Waals surface area contributed by atoms with Gasteiger partial charge in [-0.05, 0) is 42.7 Å². The number of anilines is 1. The highest BCUT2D eigenvalue weighted by Gasteiger charge is 2.17. The van der Waals surface area contributed by atoms with Gasteiger partial charge in [-0.25, -0.2) is 0 Å². The summed E-state index contributed by atoms with van der Waals surface area (Å²) < 4.78 is 5.85. The van der Waals surface area contributed by atoms with Gasteiger partial charge in [0.2, 0.25) is 0 Å². The Morgan fingerprint density at radius 3 is 2.63 bits per heavy atom. The molecule has 98 valence electrons. The van der Waals surface area contributed by atoms with Crippen LogP contribution >= 0.6 is 0 Å². The molecular weight excluding hydrogens is 234 g/mol. The van der Waals surface area contributed by atoms with Gasteiger partial charge >= 0.3 is 0 Å². The topological polar surface area (TPSA) is 12.5 Å². The van der Waals surface area contributed by atoms with Crippen LogP contribution in [0.3, 0.4) is 0 Å². The molecule has 0 spiro atoms. The predicted octanol–water partition coefficient (Wildman–Crippen LogP) is 3.91. The lowest BCUT2D eigenvalue weighted by molar-refractivity contribution is 0.289. The lowest BCUT2D eigenvalue weighted by Gasteiger charge is -2.31. The first kappa shape index (κ1) is 12.1. The van der Waals surface area contributed by atoms with Gasteiger partial charge in [-0.3, -0.25) is 0 Å². The zero-order valence-corrected chi connectivity index (χ0v) is 11.5. The van der Waals surface area contributed by atoms with E-state index in [1.54, 1.807) is 0 Å². The molecule has 0 radical (unpaired) electrons. The van der Waals surface area contributed by atoms with Crippen LogP contribution in [0.15, 0.2) is 42.5 Å². The Bertz CT molecular complexity index is 574. The molecule has 1 heterocycles. The first-order valence-electron chi connectivity index (χ1n) is 6.82. The standard InChI is InChI=1S/C17H19NO/c1-3-14-5-8-16(9-6-14)18-11-15-7-4-13(2)10-17(15)19-12-18/h4-10H,3,11-12H2,1-2H3. The van der Waals surface area contributed by atoms with Crippen LogP contribution in [-0.2, 0) is 13.0 Å². The van der Waals surface area contributed by atoms with Crippen LogP contribution in [0.25, 0.3) is 0 Å². The third-order valence-corrected chi connectivity index (χ3v) is 3.67. The SMILES string of the molecule is CCc1ccc(N2COc3cc(C)ccc3C2)cc1. The zero-order valence-electron chi connectivity index (χ0n) is 11.5. The molecular formula is C17H19NO. The van der Waals surface area contributed by atoms with Crippen LogP contribution in [0.4, 0.5) is 5.69 Å². The molecule has 0 saturated carbocycles. The average Bonchev–Trinajstić information content (AvgIpc) is 2.47. The molecule has 2 nitrogen and oxygen atoms in total. The maximum atomic E-state index is 5.85. The van der Waals surface area contributed by atoms with E-state index < -0.39 is 0 Å². The minimum Gasteiger partial charge on any atom is -0.473 e. The van der Waals surface area contributed by atoms with E-state index in [9.17, 15) is 0 Å². The van der Waals surface area contributed by atoms with Crippen molar-refractivity contribution in [3.63, 3.8) is 0 Å². The van der Waals surface area contributed by atoms with Gasteiger partial charge in [0.25, 0.3) is 0 Å². The Morgan fingerprint density at radius 2 is 1.89 bits per heavy atom. The molecule has 1 aliphatic rings. The van der Waals surface area contributed by atoms with Crippen molar-refractivity contribution in [1.29, 1.82) is 0 Å². The van der Waals surface area contributed by atoms with E-state index in [0.29, 0.717) is 6.73 Å². The fraction of sp³-hybridized carbons (Fsp3) is 0.294. The summed E-state index contributed by atoms with van der Waals surface area (Å²) in [7, 11) is 0. The summed E-state index contributed by atoms with van der Waals surface area (Å²) in [4.78, 5) is 2.26.